The molecular formula is C25H33ClZr-. The summed E-state index contributed by atoms with van der Waals surface area (Å²) in [6.07, 6.45) is 25.1. The Hall–Kier alpha value is -0.777. The standard InChI is InChI=1S/2C9H13.C7H7.ClH.Zr/c2*1-2-3-6-9-7-4-5-8-9;1-7-5-3-2-4-6-7;;/h2*4,7H,2-3,5-6H2,1H3;2-6H,1H2;1H;/q3*-1;;+3/p-1. The molecule has 0 atom stereocenters. The summed E-state index contributed by atoms with van der Waals surface area (Å²) in [7, 11) is 0. The van der Waals surface area contributed by atoms with Gasteiger partial charge < -0.3 is 12.4 Å². The van der Waals surface area contributed by atoms with E-state index in [9.17, 15) is 0 Å². The molecule has 2 aliphatic carbocycles. The zero-order valence-electron chi connectivity index (χ0n) is 16.9. The first-order valence-electron chi connectivity index (χ1n) is 9.65. The number of unbranched alkanes of at least 4 members (excludes halogenated alkanes) is 2. The summed E-state index contributed by atoms with van der Waals surface area (Å²) in [6, 6.07) is 9.87. The molecule has 0 nitrogen and oxygen atoms in total. The first-order valence-corrected chi connectivity index (χ1v) is 9.65. The van der Waals surface area contributed by atoms with Gasteiger partial charge in [0.15, 0.2) is 0 Å². The van der Waals surface area contributed by atoms with Gasteiger partial charge in [-0.2, -0.15) is 36.8 Å². The van der Waals surface area contributed by atoms with Gasteiger partial charge in [0.2, 0.25) is 0 Å². The molecule has 0 saturated heterocycles. The topological polar surface area (TPSA) is 0 Å². The van der Waals surface area contributed by atoms with Gasteiger partial charge in [-0.3, -0.25) is 12.2 Å². The molecule has 1 aromatic rings. The van der Waals surface area contributed by atoms with Crippen molar-refractivity contribution < 1.29 is 38.6 Å². The van der Waals surface area contributed by atoms with Crippen molar-refractivity contribution in [2.45, 2.75) is 65.2 Å². The molecule has 0 N–H and O–H groups in total. The second-order valence-electron chi connectivity index (χ2n) is 6.31. The van der Waals surface area contributed by atoms with Crippen LogP contribution >= 0.6 is 0 Å². The fourth-order valence-electron chi connectivity index (χ4n) is 2.46. The Labute approximate surface area is 193 Å². The van der Waals surface area contributed by atoms with Gasteiger partial charge in [-0.05, 0) is 0 Å². The van der Waals surface area contributed by atoms with Crippen molar-refractivity contribution in [1.82, 2.24) is 0 Å². The van der Waals surface area contributed by atoms with Crippen LogP contribution in [-0.4, -0.2) is 0 Å². The Balaban J connectivity index is 0. The van der Waals surface area contributed by atoms with E-state index in [1.54, 1.807) is 0 Å². The van der Waals surface area contributed by atoms with Crippen LogP contribution in [0.4, 0.5) is 0 Å². The first-order chi connectivity index (χ1) is 12.3. The summed E-state index contributed by atoms with van der Waals surface area (Å²) in [5, 5.41) is 0. The molecule has 0 aromatic heterocycles. The van der Waals surface area contributed by atoms with E-state index in [-0.39, 0.29) is 38.6 Å². The van der Waals surface area contributed by atoms with E-state index in [0.717, 1.165) is 18.4 Å². The average Bonchev–Trinajstić information content (AvgIpc) is 3.34. The summed E-state index contributed by atoms with van der Waals surface area (Å²) in [6.45, 7) is 8.16. The predicted molar refractivity (Wildman–Crippen MR) is 111 cm³/mol. The Kier molecular flexibility index (Phi) is 21.0. The second kappa shape index (κ2) is 20.0. The molecule has 0 bridgehead atoms. The third-order valence-corrected chi connectivity index (χ3v) is 3.97. The van der Waals surface area contributed by atoms with E-state index in [4.69, 9.17) is 0 Å². The maximum atomic E-state index is 3.72. The Morgan fingerprint density at radius 2 is 1.26 bits per heavy atom. The van der Waals surface area contributed by atoms with Crippen LogP contribution in [0.3, 0.4) is 0 Å². The van der Waals surface area contributed by atoms with Crippen molar-refractivity contribution >= 4 is 0 Å². The van der Waals surface area contributed by atoms with Crippen LogP contribution in [0, 0.1) is 19.1 Å². The first kappa shape index (κ1) is 28.4. The fraction of sp³-hybridized carbons (Fsp3) is 0.400. The maximum absolute atomic E-state index is 3.72. The molecule has 3 rings (SSSR count). The summed E-state index contributed by atoms with van der Waals surface area (Å²) in [4.78, 5) is 0. The molecule has 0 unspecified atom stereocenters. The van der Waals surface area contributed by atoms with Gasteiger partial charge in [-0.25, -0.2) is 23.3 Å². The zero-order valence-corrected chi connectivity index (χ0v) is 20.2. The molecule has 1 radical (unpaired) electrons. The van der Waals surface area contributed by atoms with Crippen LogP contribution in [0.1, 0.15) is 70.8 Å². The van der Waals surface area contributed by atoms with E-state index >= 15 is 0 Å². The van der Waals surface area contributed by atoms with Crippen LogP contribution in [-0.2, 0) is 26.2 Å². The van der Waals surface area contributed by atoms with Crippen molar-refractivity contribution in [3.8, 4) is 0 Å². The zero-order chi connectivity index (χ0) is 18.2. The number of allylic oxidation sites excluding steroid dienone is 8. The van der Waals surface area contributed by atoms with Crippen LogP contribution in [0.25, 0.3) is 0 Å². The van der Waals surface area contributed by atoms with Gasteiger partial charge >= 0.3 is 26.2 Å². The second-order valence-corrected chi connectivity index (χ2v) is 6.31. The Morgan fingerprint density at radius 3 is 1.52 bits per heavy atom. The molecule has 0 heterocycles. The van der Waals surface area contributed by atoms with Crippen molar-refractivity contribution in [3.63, 3.8) is 0 Å². The third-order valence-electron chi connectivity index (χ3n) is 3.97. The molecule has 27 heavy (non-hydrogen) atoms. The summed E-state index contributed by atoms with van der Waals surface area (Å²) in [5.74, 6) is 0. The van der Waals surface area contributed by atoms with Crippen LogP contribution in [0.15, 0.2) is 65.8 Å². The summed E-state index contributed by atoms with van der Waals surface area (Å²) in [5.41, 5.74) is 3.90. The average molecular weight is 460 g/mol. The monoisotopic (exact) mass is 458 g/mol. The van der Waals surface area contributed by atoms with E-state index in [1.165, 1.54) is 49.7 Å². The molecule has 0 fully saturated rings. The normalized spacial score (nSPS) is 13.1. The summed E-state index contributed by atoms with van der Waals surface area (Å²) >= 11 is 0. The third kappa shape index (κ3) is 15.9. The van der Waals surface area contributed by atoms with Crippen molar-refractivity contribution in [2.75, 3.05) is 0 Å². The molecule has 0 aliphatic heterocycles. The van der Waals surface area contributed by atoms with Crippen LogP contribution in [0.5, 0.6) is 0 Å². The summed E-state index contributed by atoms with van der Waals surface area (Å²) < 4.78 is 0. The molecule has 0 spiro atoms. The Morgan fingerprint density at radius 1 is 0.815 bits per heavy atom. The maximum Gasteiger partial charge on any atom is 3.00 e. The van der Waals surface area contributed by atoms with Crippen molar-refractivity contribution in [2.24, 2.45) is 0 Å². The fourth-order valence-corrected chi connectivity index (χ4v) is 2.46. The van der Waals surface area contributed by atoms with Crippen LogP contribution in [0.2, 0.25) is 0 Å². The number of rotatable bonds is 6. The minimum absolute atomic E-state index is 0. The van der Waals surface area contributed by atoms with E-state index in [0.29, 0.717) is 0 Å². The van der Waals surface area contributed by atoms with Gasteiger partial charge in [-0.1, -0.05) is 58.4 Å². The predicted octanol–water partition coefficient (Wildman–Crippen LogP) is 4.60. The largest absolute Gasteiger partial charge is 3.00 e. The van der Waals surface area contributed by atoms with E-state index in [2.05, 4.69) is 57.2 Å². The Bertz CT molecular complexity index is 533. The number of hydrogen-bond acceptors (Lipinski definition) is 0. The van der Waals surface area contributed by atoms with Gasteiger partial charge in [0.1, 0.15) is 0 Å². The molecule has 0 amide bonds. The van der Waals surface area contributed by atoms with Gasteiger partial charge in [-0.15, -0.1) is 25.0 Å². The minimum Gasteiger partial charge on any atom is -1.00 e. The number of halogens is 1. The smallest absolute Gasteiger partial charge is 1.00 e. The minimum atomic E-state index is 0. The van der Waals surface area contributed by atoms with Crippen LogP contribution < -0.4 is 12.4 Å². The molecule has 0 saturated carbocycles. The van der Waals surface area contributed by atoms with Gasteiger partial charge in [0, 0.05) is 0 Å². The van der Waals surface area contributed by atoms with Crippen molar-refractivity contribution in [3.05, 3.63) is 90.4 Å². The molecule has 2 aliphatic rings. The van der Waals surface area contributed by atoms with Gasteiger partial charge in [0.25, 0.3) is 0 Å². The van der Waals surface area contributed by atoms with E-state index in [1.807, 2.05) is 30.3 Å². The van der Waals surface area contributed by atoms with E-state index < -0.39 is 0 Å². The number of hydrogen-bond donors (Lipinski definition) is 0. The molecular weight excluding hydrogens is 427 g/mol. The quantitative estimate of drug-likeness (QED) is 0.545. The van der Waals surface area contributed by atoms with Gasteiger partial charge in [0.05, 0.1) is 0 Å². The van der Waals surface area contributed by atoms with Crippen molar-refractivity contribution in [1.29, 1.82) is 0 Å². The number of benzene rings is 1. The SMILES string of the molecule is CCCCC1=[C-]CC=C1.CCCCC1=[C-]CC=C1.[CH2-]c1ccccc1.[Cl-].[Zr+3]. The molecule has 145 valence electrons. The molecule has 2 heteroatoms. The molecule has 1 aromatic carbocycles.